The summed E-state index contributed by atoms with van der Waals surface area (Å²) in [6, 6.07) is 15.9. The van der Waals surface area contributed by atoms with Gasteiger partial charge >= 0.3 is 0 Å². The number of hydrogen-bond donors (Lipinski definition) is 1. The Hall–Kier alpha value is -2.44. The van der Waals surface area contributed by atoms with Crippen LogP contribution in [0.5, 0.6) is 5.75 Å². The lowest BCUT2D eigenvalue weighted by atomic mass is 10.0. The zero-order valence-corrected chi connectivity index (χ0v) is 15.5. The van der Waals surface area contributed by atoms with E-state index in [2.05, 4.69) is 25.7 Å². The van der Waals surface area contributed by atoms with Crippen LogP contribution in [0.3, 0.4) is 0 Å². The number of para-hydroxylation sites is 1. The van der Waals surface area contributed by atoms with Crippen LogP contribution in [0.4, 0.5) is 5.69 Å². The molecule has 6 heteroatoms. The van der Waals surface area contributed by atoms with Gasteiger partial charge in [-0.1, -0.05) is 30.3 Å². The van der Waals surface area contributed by atoms with Gasteiger partial charge in [-0.3, -0.25) is 15.0 Å². The molecule has 2 aromatic carbocycles. The van der Waals surface area contributed by atoms with E-state index >= 15 is 0 Å². The van der Waals surface area contributed by atoms with Crippen molar-refractivity contribution in [1.29, 1.82) is 0 Å². The van der Waals surface area contributed by atoms with Gasteiger partial charge in [0.2, 0.25) is 0 Å². The van der Waals surface area contributed by atoms with Gasteiger partial charge in [-0.05, 0) is 38.5 Å². The average Bonchev–Trinajstić information content (AvgIpc) is 2.60. The van der Waals surface area contributed by atoms with Crippen molar-refractivity contribution >= 4 is 5.69 Å². The van der Waals surface area contributed by atoms with Gasteiger partial charge in [0.05, 0.1) is 4.92 Å². The quantitative estimate of drug-likeness (QED) is 0.576. The van der Waals surface area contributed by atoms with E-state index in [1.54, 1.807) is 12.1 Å². The normalized spacial score (nSPS) is 12.8. The van der Waals surface area contributed by atoms with Crippen LogP contribution < -0.4 is 4.74 Å². The number of nitrogens with zero attached hydrogens (tertiary/aromatic N) is 2. The molecule has 0 aliphatic carbocycles. The fourth-order valence-corrected chi connectivity index (χ4v) is 2.54. The van der Waals surface area contributed by atoms with Gasteiger partial charge in [-0.25, -0.2) is 0 Å². The van der Waals surface area contributed by atoms with Crippen LogP contribution in [0, 0.1) is 10.1 Å². The van der Waals surface area contributed by atoms with Crippen LogP contribution >= 0.6 is 0 Å². The number of nitro benzene ring substituents is 1. The zero-order chi connectivity index (χ0) is 19.2. The lowest BCUT2D eigenvalue weighted by molar-refractivity contribution is -0.384. The smallest absolute Gasteiger partial charge is 0.269 e. The van der Waals surface area contributed by atoms with E-state index in [-0.39, 0.29) is 17.8 Å². The van der Waals surface area contributed by atoms with Crippen molar-refractivity contribution in [2.75, 3.05) is 13.2 Å². The summed E-state index contributed by atoms with van der Waals surface area (Å²) in [5.74, 6) is 0.726. The maximum Gasteiger partial charge on any atom is 0.269 e. The summed E-state index contributed by atoms with van der Waals surface area (Å²) in [5, 5.41) is 21.2. The molecule has 0 aliphatic rings. The minimum absolute atomic E-state index is 0.0763. The summed E-state index contributed by atoms with van der Waals surface area (Å²) < 4.78 is 5.62. The van der Waals surface area contributed by atoms with Gasteiger partial charge < -0.3 is 9.84 Å². The largest absolute Gasteiger partial charge is 0.491 e. The highest BCUT2D eigenvalue weighted by atomic mass is 16.6. The Bertz CT molecular complexity index is 696. The van der Waals surface area contributed by atoms with Gasteiger partial charge in [0.15, 0.2) is 0 Å². The van der Waals surface area contributed by atoms with Crippen molar-refractivity contribution in [3.8, 4) is 5.75 Å². The number of benzene rings is 2. The number of ether oxygens (including phenoxy) is 1. The molecule has 0 aliphatic heterocycles. The Kier molecular flexibility index (Phi) is 6.71. The van der Waals surface area contributed by atoms with Gasteiger partial charge in [0.25, 0.3) is 5.69 Å². The highest BCUT2D eigenvalue weighted by molar-refractivity contribution is 5.32. The molecule has 2 rings (SSSR count). The minimum Gasteiger partial charge on any atom is -0.491 e. The maximum atomic E-state index is 10.8. The second-order valence-corrected chi connectivity index (χ2v) is 7.25. The molecule has 0 amide bonds. The second kappa shape index (κ2) is 8.78. The molecule has 0 saturated carbocycles. The summed E-state index contributed by atoms with van der Waals surface area (Å²) in [6.07, 6.45) is -0.646. The maximum absolute atomic E-state index is 10.8. The topological polar surface area (TPSA) is 75.8 Å². The first-order chi connectivity index (χ1) is 12.3. The molecule has 6 nitrogen and oxygen atoms in total. The molecule has 0 spiro atoms. The number of non-ortho nitro benzene ring substituents is 1. The molecular weight excluding hydrogens is 332 g/mol. The monoisotopic (exact) mass is 358 g/mol. The van der Waals surface area contributed by atoms with Crippen LogP contribution in [0.15, 0.2) is 54.6 Å². The van der Waals surface area contributed by atoms with Crippen molar-refractivity contribution in [3.63, 3.8) is 0 Å². The number of hydrogen-bond acceptors (Lipinski definition) is 5. The van der Waals surface area contributed by atoms with Crippen molar-refractivity contribution < 1.29 is 14.8 Å². The van der Waals surface area contributed by atoms with E-state index in [9.17, 15) is 15.2 Å². The molecule has 0 unspecified atom stereocenters. The number of aliphatic hydroxyl groups is 1. The molecule has 0 fully saturated rings. The zero-order valence-electron chi connectivity index (χ0n) is 15.5. The number of aliphatic hydroxyl groups excluding tert-OH is 1. The van der Waals surface area contributed by atoms with E-state index in [1.807, 2.05) is 30.3 Å². The predicted octanol–water partition coefficient (Wildman–Crippen LogP) is 3.64. The van der Waals surface area contributed by atoms with Crippen LogP contribution in [0.1, 0.15) is 26.3 Å². The van der Waals surface area contributed by atoms with E-state index in [4.69, 9.17) is 4.74 Å². The summed E-state index contributed by atoms with van der Waals surface area (Å²) in [4.78, 5) is 12.5. The molecule has 0 radical (unpaired) electrons. The van der Waals surface area contributed by atoms with Gasteiger partial charge in [-0.2, -0.15) is 0 Å². The summed E-state index contributed by atoms with van der Waals surface area (Å²) in [5.41, 5.74) is 0.865. The van der Waals surface area contributed by atoms with Crippen molar-refractivity contribution in [1.82, 2.24) is 4.90 Å². The fraction of sp³-hybridized carbons (Fsp3) is 0.400. The molecule has 0 heterocycles. The first-order valence-electron chi connectivity index (χ1n) is 8.60. The van der Waals surface area contributed by atoms with E-state index in [0.717, 1.165) is 11.3 Å². The van der Waals surface area contributed by atoms with Crippen LogP contribution in [0.25, 0.3) is 0 Å². The van der Waals surface area contributed by atoms with Gasteiger partial charge in [0, 0.05) is 30.8 Å². The molecule has 26 heavy (non-hydrogen) atoms. The van der Waals surface area contributed by atoms with Gasteiger partial charge in [0.1, 0.15) is 18.5 Å². The summed E-state index contributed by atoms with van der Waals surface area (Å²) in [7, 11) is 0. The van der Waals surface area contributed by atoms with Crippen LogP contribution in [-0.4, -0.2) is 39.7 Å². The lowest BCUT2D eigenvalue weighted by Gasteiger charge is -2.37. The molecule has 1 atom stereocenters. The Morgan fingerprint density at radius 1 is 1.12 bits per heavy atom. The van der Waals surface area contributed by atoms with Crippen molar-refractivity contribution in [2.45, 2.75) is 39.0 Å². The molecule has 0 bridgehead atoms. The Morgan fingerprint density at radius 3 is 2.27 bits per heavy atom. The van der Waals surface area contributed by atoms with E-state index in [1.165, 1.54) is 12.1 Å². The molecular formula is C20H26N2O4. The van der Waals surface area contributed by atoms with E-state index in [0.29, 0.717) is 13.1 Å². The molecule has 0 aromatic heterocycles. The second-order valence-electron chi connectivity index (χ2n) is 7.25. The first kappa shape index (κ1) is 19.9. The fourth-order valence-electron chi connectivity index (χ4n) is 2.54. The first-order valence-corrected chi connectivity index (χ1v) is 8.60. The number of nitro groups is 1. The van der Waals surface area contributed by atoms with Gasteiger partial charge in [-0.15, -0.1) is 0 Å². The highest BCUT2D eigenvalue weighted by Gasteiger charge is 2.24. The Labute approximate surface area is 154 Å². The minimum atomic E-state index is -0.646. The molecule has 140 valence electrons. The lowest BCUT2D eigenvalue weighted by Crippen LogP contribution is -2.46. The van der Waals surface area contributed by atoms with Crippen LogP contribution in [0.2, 0.25) is 0 Å². The third-order valence-corrected chi connectivity index (χ3v) is 4.09. The Balaban J connectivity index is 1.97. The molecule has 2 aromatic rings. The number of β-amino-alcohol motifs (C(OH)–C–C–N with tert-alkyl or cyclic N) is 1. The average molecular weight is 358 g/mol. The third-order valence-electron chi connectivity index (χ3n) is 4.09. The third kappa shape index (κ3) is 6.13. The molecule has 1 N–H and O–H groups in total. The van der Waals surface area contributed by atoms with E-state index < -0.39 is 11.0 Å². The van der Waals surface area contributed by atoms with Crippen LogP contribution in [-0.2, 0) is 6.54 Å². The SMILES string of the molecule is CC(C)(C)N(Cc1ccc([N+](=O)[O-])cc1)C[C@H](O)COc1ccccc1. The summed E-state index contributed by atoms with van der Waals surface area (Å²) in [6.45, 7) is 7.45. The number of rotatable bonds is 8. The van der Waals surface area contributed by atoms with Crippen molar-refractivity contribution in [2.24, 2.45) is 0 Å². The van der Waals surface area contributed by atoms with Crippen molar-refractivity contribution in [3.05, 3.63) is 70.3 Å². The standard InChI is InChI=1S/C20H26N2O4/c1-20(2,3)21(13-16-9-11-17(12-10-16)22(24)25)14-18(23)15-26-19-7-5-4-6-8-19/h4-12,18,23H,13-15H2,1-3H3/t18-/m0/s1. The highest BCUT2D eigenvalue weighted by Crippen LogP contribution is 2.20. The predicted molar refractivity (Wildman–Crippen MR) is 101 cm³/mol. The summed E-state index contributed by atoms with van der Waals surface area (Å²) >= 11 is 0. The Morgan fingerprint density at radius 2 is 1.73 bits per heavy atom. The molecule has 0 saturated heterocycles.